The average Bonchev–Trinajstić information content (AvgIpc) is 3.24. The fourth-order valence-corrected chi connectivity index (χ4v) is 8.68. The number of benzene rings is 2. The summed E-state index contributed by atoms with van der Waals surface area (Å²) in [6, 6.07) is 6.35. The first-order valence-electron chi connectivity index (χ1n) is 22.4. The molecule has 330 valence electrons. The minimum absolute atomic E-state index is 0.0962. The van der Waals surface area contributed by atoms with E-state index in [2.05, 4.69) is 38.3 Å². The van der Waals surface area contributed by atoms with Gasteiger partial charge >= 0.3 is 11.9 Å². The summed E-state index contributed by atoms with van der Waals surface area (Å²) >= 11 is 0. The Morgan fingerprint density at radius 1 is 0.783 bits per heavy atom. The first kappa shape index (κ1) is 48.6. The zero-order chi connectivity index (χ0) is 43.7. The van der Waals surface area contributed by atoms with Crippen LogP contribution in [-0.4, -0.2) is 55.2 Å². The molecule has 0 spiro atoms. The SMILES string of the molecule is C=C(C)C(=O)OCCCc1cc(-c2c(F)cc(C3C=CC(C4CCC(CCCCC)CC4)=CC3)cc2F)cc(CCCOC(=O)C(=C)C)c1OCCC(CO)(CO)CCC. The Morgan fingerprint density at radius 2 is 1.37 bits per heavy atom. The van der Waals surface area contributed by atoms with Gasteiger partial charge in [0.25, 0.3) is 0 Å². The summed E-state index contributed by atoms with van der Waals surface area (Å²) in [4.78, 5) is 24.3. The molecule has 60 heavy (non-hydrogen) atoms. The largest absolute Gasteiger partial charge is 0.493 e. The number of aliphatic hydroxyl groups is 2. The van der Waals surface area contributed by atoms with Gasteiger partial charge in [-0.05, 0) is 148 Å². The molecular weight excluding hydrogens is 763 g/mol. The topological polar surface area (TPSA) is 102 Å². The number of aliphatic hydroxyl groups excluding tert-OH is 2. The van der Waals surface area contributed by atoms with Crippen LogP contribution in [0.25, 0.3) is 11.1 Å². The van der Waals surface area contributed by atoms with Crippen LogP contribution in [0.4, 0.5) is 8.78 Å². The molecule has 2 aromatic carbocycles. The highest BCUT2D eigenvalue weighted by atomic mass is 19.1. The van der Waals surface area contributed by atoms with Crippen molar-refractivity contribution in [1.82, 2.24) is 0 Å². The van der Waals surface area contributed by atoms with E-state index in [4.69, 9.17) is 14.2 Å². The number of rotatable bonds is 25. The normalized spacial score (nSPS) is 17.9. The van der Waals surface area contributed by atoms with Gasteiger partial charge < -0.3 is 24.4 Å². The number of carbonyl (C=O) groups excluding carboxylic acids is 2. The molecule has 0 amide bonds. The van der Waals surface area contributed by atoms with E-state index in [0.717, 1.165) is 12.3 Å². The van der Waals surface area contributed by atoms with Gasteiger partial charge in [-0.3, -0.25) is 0 Å². The van der Waals surface area contributed by atoms with Crippen molar-refractivity contribution in [2.45, 2.75) is 136 Å². The van der Waals surface area contributed by atoms with Gasteiger partial charge in [0, 0.05) is 22.5 Å². The predicted octanol–water partition coefficient (Wildman–Crippen LogP) is 11.6. The Hall–Kier alpha value is -4.08. The Bertz CT molecular complexity index is 1740. The number of esters is 2. The van der Waals surface area contributed by atoms with E-state index in [1.165, 1.54) is 69.1 Å². The van der Waals surface area contributed by atoms with Crippen LogP contribution in [0.5, 0.6) is 5.75 Å². The van der Waals surface area contributed by atoms with Gasteiger partial charge in [-0.25, -0.2) is 18.4 Å². The van der Waals surface area contributed by atoms with Gasteiger partial charge in [0.1, 0.15) is 17.4 Å². The van der Waals surface area contributed by atoms with Gasteiger partial charge in [-0.15, -0.1) is 0 Å². The molecule has 1 fully saturated rings. The molecule has 0 radical (unpaired) electrons. The molecule has 1 unspecified atom stereocenters. The Kier molecular flexibility index (Phi) is 19.7. The van der Waals surface area contributed by atoms with Crippen molar-refractivity contribution in [3.63, 3.8) is 0 Å². The van der Waals surface area contributed by atoms with Crippen LogP contribution in [0.1, 0.15) is 140 Å². The molecule has 0 bridgehead atoms. The lowest BCUT2D eigenvalue weighted by molar-refractivity contribution is -0.139. The van der Waals surface area contributed by atoms with Crippen LogP contribution in [0.15, 0.2) is 72.4 Å². The smallest absolute Gasteiger partial charge is 0.333 e. The van der Waals surface area contributed by atoms with Gasteiger partial charge in [0.2, 0.25) is 0 Å². The fraction of sp³-hybridized carbons (Fsp3) is 0.569. The number of carbonyl (C=O) groups is 2. The summed E-state index contributed by atoms with van der Waals surface area (Å²) in [6.07, 6.45) is 20.7. The van der Waals surface area contributed by atoms with Crippen molar-refractivity contribution in [3.05, 3.63) is 101 Å². The van der Waals surface area contributed by atoms with E-state index < -0.39 is 29.0 Å². The lowest BCUT2D eigenvalue weighted by atomic mass is 9.75. The molecule has 1 saturated carbocycles. The molecule has 9 heteroatoms. The van der Waals surface area contributed by atoms with Gasteiger partial charge in [0.15, 0.2) is 0 Å². The number of hydrogen-bond donors (Lipinski definition) is 2. The lowest BCUT2D eigenvalue weighted by Crippen LogP contribution is -2.31. The van der Waals surface area contributed by atoms with E-state index in [1.54, 1.807) is 26.0 Å². The molecule has 0 aliphatic heterocycles. The summed E-state index contributed by atoms with van der Waals surface area (Å²) < 4.78 is 49.9. The molecule has 0 saturated heterocycles. The highest BCUT2D eigenvalue weighted by Crippen LogP contribution is 2.41. The van der Waals surface area contributed by atoms with Crippen LogP contribution in [0.2, 0.25) is 0 Å². The van der Waals surface area contributed by atoms with Crippen molar-refractivity contribution in [3.8, 4) is 16.9 Å². The predicted molar refractivity (Wildman–Crippen MR) is 236 cm³/mol. The minimum Gasteiger partial charge on any atom is -0.493 e. The monoisotopic (exact) mass is 833 g/mol. The molecular formula is C51H70F2O7. The molecule has 0 heterocycles. The van der Waals surface area contributed by atoms with Crippen LogP contribution in [0, 0.1) is 28.9 Å². The van der Waals surface area contributed by atoms with E-state index in [0.29, 0.717) is 78.9 Å². The van der Waals surface area contributed by atoms with Crippen molar-refractivity contribution < 1.29 is 42.8 Å². The van der Waals surface area contributed by atoms with E-state index >= 15 is 8.78 Å². The third-order valence-corrected chi connectivity index (χ3v) is 12.4. The summed E-state index contributed by atoms with van der Waals surface area (Å²) in [5.74, 6) is -0.585. The van der Waals surface area contributed by atoms with Crippen molar-refractivity contribution in [1.29, 1.82) is 0 Å². The Morgan fingerprint density at radius 3 is 1.85 bits per heavy atom. The molecule has 2 aromatic rings. The maximum absolute atomic E-state index is 16.4. The van der Waals surface area contributed by atoms with Crippen molar-refractivity contribution in [2.24, 2.45) is 17.3 Å². The molecule has 2 N–H and O–H groups in total. The number of aryl methyl sites for hydroxylation is 2. The first-order valence-corrected chi connectivity index (χ1v) is 22.4. The maximum atomic E-state index is 16.4. The average molecular weight is 833 g/mol. The van der Waals surface area contributed by atoms with Gasteiger partial charge in [0.05, 0.1) is 38.6 Å². The van der Waals surface area contributed by atoms with Crippen molar-refractivity contribution >= 4 is 11.9 Å². The molecule has 2 aliphatic rings. The maximum Gasteiger partial charge on any atom is 0.333 e. The molecule has 1 atom stereocenters. The number of allylic oxidation sites excluding steroid dienone is 4. The quantitative estimate of drug-likeness (QED) is 0.0583. The number of hydrogen-bond acceptors (Lipinski definition) is 7. The summed E-state index contributed by atoms with van der Waals surface area (Å²) in [5.41, 5.74) is 3.28. The third-order valence-electron chi connectivity index (χ3n) is 12.4. The van der Waals surface area contributed by atoms with E-state index in [-0.39, 0.29) is 55.7 Å². The molecule has 4 rings (SSSR count). The molecule has 2 aliphatic carbocycles. The first-order chi connectivity index (χ1) is 28.8. The molecule has 7 nitrogen and oxygen atoms in total. The van der Waals surface area contributed by atoms with Gasteiger partial charge in [-0.2, -0.15) is 0 Å². The van der Waals surface area contributed by atoms with Crippen LogP contribution < -0.4 is 4.74 Å². The number of halogens is 2. The highest BCUT2D eigenvalue weighted by Gasteiger charge is 2.29. The lowest BCUT2D eigenvalue weighted by Gasteiger charge is -2.31. The zero-order valence-electron chi connectivity index (χ0n) is 36.7. The van der Waals surface area contributed by atoms with Crippen LogP contribution >= 0.6 is 0 Å². The Labute approximate surface area is 358 Å². The second-order valence-corrected chi connectivity index (χ2v) is 17.3. The van der Waals surface area contributed by atoms with Crippen LogP contribution in [-0.2, 0) is 31.9 Å². The van der Waals surface area contributed by atoms with Crippen LogP contribution in [0.3, 0.4) is 0 Å². The third kappa shape index (κ3) is 14.0. The highest BCUT2D eigenvalue weighted by molar-refractivity contribution is 5.87. The standard InChI is InChI=1S/C51H70F2O7/c1-7-9-10-13-37-16-18-38(19-17-37)39-20-22-40(23-21-39)43-31-45(52)47(46(53)32-43)44-29-41(14-11-26-59-49(56)35(3)4)48(58-28-25-51(33-54,34-55)24-8-2)42(30-44)15-12-27-60-50(57)36(5)6/h20-22,29-32,37-38,40,54-55H,3,5,7-19,23-28,33-34H2,1-2,4,6H3. The minimum atomic E-state index is -0.728. The summed E-state index contributed by atoms with van der Waals surface area (Å²) in [5, 5.41) is 20.4. The Balaban J connectivity index is 1.62. The van der Waals surface area contributed by atoms with E-state index in [9.17, 15) is 19.8 Å². The second-order valence-electron chi connectivity index (χ2n) is 17.3. The van der Waals surface area contributed by atoms with Crippen molar-refractivity contribution in [2.75, 3.05) is 33.0 Å². The number of ether oxygens (including phenoxy) is 3. The fourth-order valence-electron chi connectivity index (χ4n) is 8.68. The molecule has 0 aromatic heterocycles. The number of unbranched alkanes of at least 4 members (excludes halogenated alkanes) is 2. The second kappa shape index (κ2) is 24.4. The summed E-state index contributed by atoms with van der Waals surface area (Å²) in [7, 11) is 0. The van der Waals surface area contributed by atoms with E-state index in [1.807, 2.05) is 6.92 Å². The summed E-state index contributed by atoms with van der Waals surface area (Å²) in [6.45, 7) is 14.6. The van der Waals surface area contributed by atoms with Gasteiger partial charge in [-0.1, -0.05) is 77.3 Å². The zero-order valence-corrected chi connectivity index (χ0v) is 36.7.